The Morgan fingerprint density at radius 1 is 0.722 bits per heavy atom. The quantitative estimate of drug-likeness (QED) is 0.613. The summed E-state index contributed by atoms with van der Waals surface area (Å²) in [6.07, 6.45) is 1.21. The number of hydrogen-bond donors (Lipinski definition) is 2. The van der Waals surface area contributed by atoms with Crippen LogP contribution in [0.25, 0.3) is 0 Å². The Bertz CT molecular complexity index is 293. The molecule has 18 heavy (non-hydrogen) atoms. The third kappa shape index (κ3) is 5.65. The molecule has 0 aliphatic rings. The normalized spacial score (nSPS) is 12.9. The van der Waals surface area contributed by atoms with Crippen molar-refractivity contribution in [2.24, 2.45) is 0 Å². The van der Waals surface area contributed by atoms with E-state index >= 15 is 0 Å². The van der Waals surface area contributed by atoms with E-state index in [1.54, 1.807) is 9.80 Å². The van der Waals surface area contributed by atoms with Gasteiger partial charge in [-0.1, -0.05) is 30.3 Å². The van der Waals surface area contributed by atoms with Crippen molar-refractivity contribution in [2.45, 2.75) is 27.2 Å². The molecule has 1 rings (SSSR count). The predicted molar refractivity (Wildman–Crippen MR) is 78.3 cm³/mol. The second-order valence-corrected chi connectivity index (χ2v) is 5.05. The van der Waals surface area contributed by atoms with Crippen LogP contribution < -0.4 is 9.80 Å². The van der Waals surface area contributed by atoms with Gasteiger partial charge in [0.05, 0.1) is 26.2 Å². The van der Waals surface area contributed by atoms with Crippen LogP contribution in [0.5, 0.6) is 0 Å². The van der Waals surface area contributed by atoms with E-state index in [0.29, 0.717) is 0 Å². The van der Waals surface area contributed by atoms with Gasteiger partial charge in [-0.3, -0.25) is 0 Å². The van der Waals surface area contributed by atoms with E-state index in [9.17, 15) is 0 Å². The Labute approximate surface area is 113 Å². The monoisotopic (exact) mass is 250 g/mol. The van der Waals surface area contributed by atoms with Crippen LogP contribution in [0.15, 0.2) is 30.3 Å². The summed E-state index contributed by atoms with van der Waals surface area (Å²) < 4.78 is 0. The van der Waals surface area contributed by atoms with Gasteiger partial charge in [0, 0.05) is 6.42 Å². The molecule has 2 heteroatoms. The first kappa shape index (κ1) is 15.2. The highest BCUT2D eigenvalue weighted by Crippen LogP contribution is 1.97. The van der Waals surface area contributed by atoms with Crippen LogP contribution in [0.2, 0.25) is 0 Å². The third-order valence-electron chi connectivity index (χ3n) is 3.94. The lowest BCUT2D eigenvalue weighted by Crippen LogP contribution is -3.20. The standard InChI is InChI=1S/C16H28N2/c1-4-17(5-2)14-15-18(6-3)13-12-16-10-8-7-9-11-16/h7-11H,4-6,12-15H2,1-3H3/p+2. The maximum absolute atomic E-state index is 2.30. The number of quaternary nitrogens is 2. The average Bonchev–Trinajstić information content (AvgIpc) is 2.44. The predicted octanol–water partition coefficient (Wildman–Crippen LogP) is 0.0586. The van der Waals surface area contributed by atoms with Gasteiger partial charge in [-0.15, -0.1) is 0 Å². The number of likely N-dealkylation sites (N-methyl/N-ethyl adjacent to an activating group) is 2. The SMILES string of the molecule is CC[NH+](CC)CC[NH+](CC)CCc1ccccc1. The summed E-state index contributed by atoms with van der Waals surface area (Å²) in [4.78, 5) is 3.46. The van der Waals surface area contributed by atoms with Crippen LogP contribution in [0.4, 0.5) is 0 Å². The van der Waals surface area contributed by atoms with Crippen LogP contribution >= 0.6 is 0 Å². The van der Waals surface area contributed by atoms with Crippen LogP contribution in [0, 0.1) is 0 Å². The van der Waals surface area contributed by atoms with E-state index < -0.39 is 0 Å². The number of nitrogens with one attached hydrogen (secondary N) is 2. The molecule has 0 aliphatic heterocycles. The number of hydrogen-bond acceptors (Lipinski definition) is 0. The van der Waals surface area contributed by atoms with Crippen LogP contribution in [0.3, 0.4) is 0 Å². The van der Waals surface area contributed by atoms with Crippen molar-refractivity contribution in [1.29, 1.82) is 0 Å². The highest BCUT2D eigenvalue weighted by Gasteiger charge is 2.10. The van der Waals surface area contributed by atoms with Gasteiger partial charge >= 0.3 is 0 Å². The van der Waals surface area contributed by atoms with E-state index in [1.807, 2.05) is 0 Å². The molecule has 0 aliphatic carbocycles. The Balaban J connectivity index is 2.29. The van der Waals surface area contributed by atoms with Crippen LogP contribution in [-0.4, -0.2) is 39.3 Å². The third-order valence-corrected chi connectivity index (χ3v) is 3.94. The first-order valence-corrected chi connectivity index (χ1v) is 7.51. The second kappa shape index (κ2) is 9.12. The zero-order valence-electron chi connectivity index (χ0n) is 12.3. The summed E-state index contributed by atoms with van der Waals surface area (Å²) in [6, 6.07) is 10.9. The molecule has 2 N–H and O–H groups in total. The molecule has 1 atom stereocenters. The van der Waals surface area contributed by atoms with Gasteiger partial charge in [-0.05, 0) is 26.3 Å². The fourth-order valence-electron chi connectivity index (χ4n) is 2.40. The van der Waals surface area contributed by atoms with Crippen molar-refractivity contribution in [1.82, 2.24) is 0 Å². The van der Waals surface area contributed by atoms with E-state index in [2.05, 4.69) is 51.1 Å². The highest BCUT2D eigenvalue weighted by molar-refractivity contribution is 5.14. The van der Waals surface area contributed by atoms with Crippen molar-refractivity contribution in [3.8, 4) is 0 Å². The van der Waals surface area contributed by atoms with E-state index in [1.165, 1.54) is 51.3 Å². The summed E-state index contributed by atoms with van der Waals surface area (Å²) in [5.41, 5.74) is 1.47. The van der Waals surface area contributed by atoms with Gasteiger partial charge in [-0.2, -0.15) is 0 Å². The van der Waals surface area contributed by atoms with Gasteiger partial charge in [0.25, 0.3) is 0 Å². The van der Waals surface area contributed by atoms with Gasteiger partial charge in [-0.25, -0.2) is 0 Å². The lowest BCUT2D eigenvalue weighted by molar-refractivity contribution is -0.955. The molecule has 0 amide bonds. The van der Waals surface area contributed by atoms with Gasteiger partial charge in [0.15, 0.2) is 0 Å². The molecular weight excluding hydrogens is 220 g/mol. The molecular formula is C16H30N2+2. The smallest absolute Gasteiger partial charge is 0.127 e. The second-order valence-electron chi connectivity index (χ2n) is 5.05. The molecule has 0 spiro atoms. The van der Waals surface area contributed by atoms with Gasteiger partial charge < -0.3 is 9.80 Å². The number of benzene rings is 1. The minimum absolute atomic E-state index is 1.21. The van der Waals surface area contributed by atoms with E-state index in [0.717, 1.165) is 0 Å². The van der Waals surface area contributed by atoms with Crippen molar-refractivity contribution in [3.63, 3.8) is 0 Å². The fourth-order valence-corrected chi connectivity index (χ4v) is 2.40. The Kier molecular flexibility index (Phi) is 7.70. The summed E-state index contributed by atoms with van der Waals surface area (Å²) in [6.45, 7) is 14.5. The summed E-state index contributed by atoms with van der Waals surface area (Å²) in [7, 11) is 0. The molecule has 0 saturated heterocycles. The van der Waals surface area contributed by atoms with Gasteiger partial charge in [0.1, 0.15) is 13.1 Å². The lowest BCUT2D eigenvalue weighted by Gasteiger charge is -2.21. The van der Waals surface area contributed by atoms with Crippen molar-refractivity contribution in [3.05, 3.63) is 35.9 Å². The molecule has 1 unspecified atom stereocenters. The zero-order chi connectivity index (χ0) is 13.2. The molecule has 0 heterocycles. The fraction of sp³-hybridized carbons (Fsp3) is 0.625. The summed E-state index contributed by atoms with van der Waals surface area (Å²) in [5, 5.41) is 0. The maximum Gasteiger partial charge on any atom is 0.127 e. The minimum Gasteiger partial charge on any atom is -0.331 e. The molecule has 0 fully saturated rings. The van der Waals surface area contributed by atoms with Crippen molar-refractivity contribution >= 4 is 0 Å². The van der Waals surface area contributed by atoms with Crippen LogP contribution in [0.1, 0.15) is 26.3 Å². The van der Waals surface area contributed by atoms with Crippen LogP contribution in [-0.2, 0) is 6.42 Å². The molecule has 0 radical (unpaired) electrons. The van der Waals surface area contributed by atoms with E-state index in [-0.39, 0.29) is 0 Å². The largest absolute Gasteiger partial charge is 0.331 e. The molecule has 1 aromatic rings. The van der Waals surface area contributed by atoms with Crippen molar-refractivity contribution in [2.75, 3.05) is 39.3 Å². The first-order chi connectivity index (χ1) is 8.80. The molecule has 1 aromatic carbocycles. The molecule has 0 bridgehead atoms. The lowest BCUT2D eigenvalue weighted by atomic mass is 10.1. The Hall–Kier alpha value is -0.860. The summed E-state index contributed by atoms with van der Waals surface area (Å²) >= 11 is 0. The number of rotatable bonds is 9. The van der Waals surface area contributed by atoms with Gasteiger partial charge in [0.2, 0.25) is 0 Å². The molecule has 0 aromatic heterocycles. The molecule has 0 saturated carbocycles. The highest BCUT2D eigenvalue weighted by atomic mass is 15.2. The van der Waals surface area contributed by atoms with E-state index in [4.69, 9.17) is 0 Å². The molecule has 102 valence electrons. The maximum atomic E-state index is 2.30. The topological polar surface area (TPSA) is 8.88 Å². The molecule has 2 nitrogen and oxygen atoms in total. The minimum atomic E-state index is 1.21. The average molecular weight is 250 g/mol. The Morgan fingerprint density at radius 3 is 1.83 bits per heavy atom. The Morgan fingerprint density at radius 2 is 1.28 bits per heavy atom. The summed E-state index contributed by atoms with van der Waals surface area (Å²) in [5.74, 6) is 0. The first-order valence-electron chi connectivity index (χ1n) is 7.51. The zero-order valence-corrected chi connectivity index (χ0v) is 12.3. The van der Waals surface area contributed by atoms with Crippen molar-refractivity contribution < 1.29 is 9.80 Å².